The average molecular weight is 279 g/mol. The Hall–Kier alpha value is -1.89. The van der Waals surface area contributed by atoms with Crippen molar-refractivity contribution in [1.29, 1.82) is 0 Å². The van der Waals surface area contributed by atoms with E-state index in [-0.39, 0.29) is 5.92 Å². The summed E-state index contributed by atoms with van der Waals surface area (Å²) in [6.45, 7) is 4.58. The van der Waals surface area contributed by atoms with Crippen molar-refractivity contribution >= 4 is 23.1 Å². The summed E-state index contributed by atoms with van der Waals surface area (Å²) in [6, 6.07) is 1.87. The summed E-state index contributed by atoms with van der Waals surface area (Å²) in [5, 5.41) is 8.30. The predicted molar refractivity (Wildman–Crippen MR) is 75.3 cm³/mol. The number of hydrogen-bond donors (Lipinski definition) is 2. The van der Waals surface area contributed by atoms with Gasteiger partial charge in [0.15, 0.2) is 0 Å². The molecule has 2 aromatic rings. The largest absolute Gasteiger partial charge is 0.364 e. The molecule has 7 heteroatoms. The molecule has 6 nitrogen and oxygen atoms in total. The molecule has 0 aliphatic rings. The predicted octanol–water partition coefficient (Wildman–Crippen LogP) is 1.71. The third-order valence-corrected chi connectivity index (χ3v) is 3.94. The lowest BCUT2D eigenvalue weighted by molar-refractivity contribution is 0.0995. The molecule has 2 aromatic heterocycles. The number of amides is 1. The van der Waals surface area contributed by atoms with Crippen LogP contribution in [0, 0.1) is 0 Å². The fourth-order valence-corrected chi connectivity index (χ4v) is 2.62. The molecule has 3 N–H and O–H groups in total. The maximum Gasteiger partial charge on any atom is 0.268 e. The van der Waals surface area contributed by atoms with E-state index < -0.39 is 5.91 Å². The van der Waals surface area contributed by atoms with Crippen LogP contribution in [0.2, 0.25) is 0 Å². The highest BCUT2D eigenvalue weighted by atomic mass is 32.1. The molecule has 0 radical (unpaired) electrons. The van der Waals surface area contributed by atoms with Crippen LogP contribution in [-0.4, -0.2) is 20.7 Å². The van der Waals surface area contributed by atoms with E-state index in [1.165, 1.54) is 11.3 Å². The highest BCUT2D eigenvalue weighted by Gasteiger charge is 2.17. The van der Waals surface area contributed by atoms with Gasteiger partial charge in [-0.1, -0.05) is 13.8 Å². The van der Waals surface area contributed by atoms with Crippen LogP contribution >= 0.6 is 11.3 Å². The molecular formula is C12H17N5OS. The first-order chi connectivity index (χ1) is 8.97. The molecule has 0 saturated heterocycles. The van der Waals surface area contributed by atoms with Crippen LogP contribution in [0.5, 0.6) is 0 Å². The molecule has 0 unspecified atom stereocenters. The molecule has 0 fully saturated rings. The van der Waals surface area contributed by atoms with Crippen molar-refractivity contribution in [3.05, 3.63) is 27.8 Å². The molecule has 0 saturated carbocycles. The number of aromatic nitrogens is 3. The van der Waals surface area contributed by atoms with Crippen molar-refractivity contribution in [2.24, 2.45) is 12.8 Å². The van der Waals surface area contributed by atoms with Gasteiger partial charge in [0.25, 0.3) is 5.91 Å². The van der Waals surface area contributed by atoms with Crippen molar-refractivity contribution in [3.63, 3.8) is 0 Å². The molecule has 1 amide bonds. The normalized spacial score (nSPS) is 10.9. The number of hydrogen-bond acceptors (Lipinski definition) is 5. The van der Waals surface area contributed by atoms with Crippen molar-refractivity contribution in [2.75, 3.05) is 5.32 Å². The number of aryl methyl sites for hydroxylation is 1. The minimum atomic E-state index is -0.485. The molecule has 0 aliphatic heterocycles. The van der Waals surface area contributed by atoms with Gasteiger partial charge in [0.2, 0.25) is 0 Å². The zero-order valence-electron chi connectivity index (χ0n) is 11.2. The number of anilines is 1. The molecule has 2 heterocycles. The number of nitrogens with zero attached hydrogens (tertiary/aromatic N) is 3. The summed E-state index contributed by atoms with van der Waals surface area (Å²) >= 11 is 1.51. The molecule has 0 aliphatic carbocycles. The Morgan fingerprint density at radius 2 is 2.32 bits per heavy atom. The van der Waals surface area contributed by atoms with Crippen molar-refractivity contribution in [3.8, 4) is 0 Å². The van der Waals surface area contributed by atoms with Crippen LogP contribution in [0.3, 0.4) is 0 Å². The quantitative estimate of drug-likeness (QED) is 0.872. The van der Waals surface area contributed by atoms with Crippen molar-refractivity contribution < 1.29 is 4.79 Å². The Kier molecular flexibility index (Phi) is 3.84. The van der Waals surface area contributed by atoms with Gasteiger partial charge in [0.05, 0.1) is 16.4 Å². The van der Waals surface area contributed by atoms with Crippen LogP contribution in [-0.2, 0) is 13.6 Å². The molecule has 2 rings (SSSR count). The third-order valence-electron chi connectivity index (χ3n) is 2.58. The SMILES string of the molecule is CC(C)c1nc(C(N)=O)c(CNc2ccn(C)n2)s1. The van der Waals surface area contributed by atoms with Crippen LogP contribution in [0.25, 0.3) is 0 Å². The first-order valence-electron chi connectivity index (χ1n) is 6.00. The van der Waals surface area contributed by atoms with Crippen molar-refractivity contribution in [1.82, 2.24) is 14.8 Å². The van der Waals surface area contributed by atoms with E-state index in [2.05, 4.69) is 15.4 Å². The molecule has 0 atom stereocenters. The van der Waals surface area contributed by atoms with E-state index in [0.29, 0.717) is 12.2 Å². The van der Waals surface area contributed by atoms with Gasteiger partial charge in [0, 0.05) is 25.2 Å². The van der Waals surface area contributed by atoms with E-state index in [1.54, 1.807) is 4.68 Å². The van der Waals surface area contributed by atoms with E-state index in [9.17, 15) is 4.79 Å². The zero-order chi connectivity index (χ0) is 14.0. The van der Waals surface area contributed by atoms with E-state index in [0.717, 1.165) is 15.7 Å². The monoisotopic (exact) mass is 279 g/mol. The summed E-state index contributed by atoms with van der Waals surface area (Å²) in [5.41, 5.74) is 5.72. The fourth-order valence-electron chi connectivity index (χ4n) is 1.61. The van der Waals surface area contributed by atoms with Crippen LogP contribution in [0.1, 0.15) is 40.1 Å². The molecule has 0 bridgehead atoms. The average Bonchev–Trinajstić information content (AvgIpc) is 2.92. The Labute approximate surface area is 115 Å². The van der Waals surface area contributed by atoms with E-state index >= 15 is 0 Å². The maximum atomic E-state index is 11.4. The lowest BCUT2D eigenvalue weighted by Gasteiger charge is -2.01. The number of thiazole rings is 1. The minimum absolute atomic E-state index is 0.284. The highest BCUT2D eigenvalue weighted by Crippen LogP contribution is 2.25. The van der Waals surface area contributed by atoms with Crippen LogP contribution < -0.4 is 11.1 Å². The van der Waals surface area contributed by atoms with Crippen LogP contribution in [0.15, 0.2) is 12.3 Å². The molecular weight excluding hydrogens is 262 g/mol. The summed E-state index contributed by atoms with van der Waals surface area (Å²) < 4.78 is 1.71. The zero-order valence-corrected chi connectivity index (χ0v) is 12.0. The number of carbonyl (C=O) groups is 1. The summed E-state index contributed by atoms with van der Waals surface area (Å²) in [7, 11) is 1.85. The van der Waals surface area contributed by atoms with Gasteiger partial charge in [-0.3, -0.25) is 9.48 Å². The standard InChI is InChI=1S/C12H17N5OS/c1-7(2)12-15-10(11(13)18)8(19-12)6-14-9-4-5-17(3)16-9/h4-5,7H,6H2,1-3H3,(H2,13,18)(H,14,16). The van der Waals surface area contributed by atoms with Gasteiger partial charge >= 0.3 is 0 Å². The van der Waals surface area contributed by atoms with Crippen LogP contribution in [0.4, 0.5) is 5.82 Å². The van der Waals surface area contributed by atoms with Gasteiger partial charge in [-0.2, -0.15) is 5.10 Å². The minimum Gasteiger partial charge on any atom is -0.364 e. The fraction of sp³-hybridized carbons (Fsp3) is 0.417. The smallest absolute Gasteiger partial charge is 0.268 e. The highest BCUT2D eigenvalue weighted by molar-refractivity contribution is 7.12. The second-order valence-corrected chi connectivity index (χ2v) is 5.69. The Bertz CT molecular complexity index is 587. The first kappa shape index (κ1) is 13.5. The summed E-state index contributed by atoms with van der Waals surface area (Å²) in [5.74, 6) is 0.560. The second kappa shape index (κ2) is 5.40. The molecule has 0 spiro atoms. The lowest BCUT2D eigenvalue weighted by atomic mass is 10.2. The van der Waals surface area contributed by atoms with Gasteiger partial charge in [0.1, 0.15) is 11.5 Å². The Morgan fingerprint density at radius 1 is 1.58 bits per heavy atom. The van der Waals surface area contributed by atoms with E-state index in [1.807, 2.05) is 33.2 Å². The number of nitrogens with two attached hydrogens (primary N) is 1. The lowest BCUT2D eigenvalue weighted by Crippen LogP contribution is -2.15. The van der Waals surface area contributed by atoms with E-state index in [4.69, 9.17) is 5.73 Å². The summed E-state index contributed by atoms with van der Waals surface area (Å²) in [6.07, 6.45) is 1.85. The van der Waals surface area contributed by atoms with Gasteiger partial charge in [-0.15, -0.1) is 11.3 Å². The van der Waals surface area contributed by atoms with Gasteiger partial charge < -0.3 is 11.1 Å². The number of nitrogens with one attached hydrogen (secondary N) is 1. The van der Waals surface area contributed by atoms with Gasteiger partial charge in [-0.25, -0.2) is 4.98 Å². The number of rotatable bonds is 5. The molecule has 0 aromatic carbocycles. The van der Waals surface area contributed by atoms with Gasteiger partial charge in [-0.05, 0) is 0 Å². The number of primary amides is 1. The molecule has 19 heavy (non-hydrogen) atoms. The third kappa shape index (κ3) is 3.11. The maximum absolute atomic E-state index is 11.4. The van der Waals surface area contributed by atoms with Crippen molar-refractivity contribution in [2.45, 2.75) is 26.3 Å². The Balaban J connectivity index is 2.16. The first-order valence-corrected chi connectivity index (χ1v) is 6.82. The molecule has 102 valence electrons. The second-order valence-electron chi connectivity index (χ2n) is 4.57. The topological polar surface area (TPSA) is 85.8 Å². The summed E-state index contributed by atoms with van der Waals surface area (Å²) in [4.78, 5) is 16.5. The Morgan fingerprint density at radius 3 is 2.84 bits per heavy atom. The number of carbonyl (C=O) groups excluding carboxylic acids is 1.